The molecule has 0 unspecified atom stereocenters. The highest BCUT2D eigenvalue weighted by Gasteiger charge is 2.13. The van der Waals surface area contributed by atoms with Gasteiger partial charge in [0.25, 0.3) is 0 Å². The molecule has 144 valence electrons. The van der Waals surface area contributed by atoms with Gasteiger partial charge in [-0.25, -0.2) is 4.68 Å². The number of thioether (sulfide) groups is 1. The molecule has 0 aliphatic heterocycles. The highest BCUT2D eigenvalue weighted by atomic mass is 32.2. The van der Waals surface area contributed by atoms with Crippen molar-refractivity contribution in [2.24, 2.45) is 0 Å². The molecule has 0 spiro atoms. The van der Waals surface area contributed by atoms with Crippen LogP contribution in [0.15, 0.2) is 47.6 Å². The fourth-order valence-corrected chi connectivity index (χ4v) is 3.96. The number of nitrogens with one attached hydrogen (secondary N) is 1. The molecule has 8 heteroatoms. The molecule has 0 fully saturated rings. The molecule has 0 atom stereocenters. The molecule has 4 rings (SSSR count). The van der Waals surface area contributed by atoms with E-state index in [0.717, 1.165) is 29.8 Å². The lowest BCUT2D eigenvalue weighted by Crippen LogP contribution is -2.15. The van der Waals surface area contributed by atoms with Gasteiger partial charge in [0.15, 0.2) is 0 Å². The van der Waals surface area contributed by atoms with Crippen LogP contribution in [0.2, 0.25) is 0 Å². The molecule has 1 aliphatic rings. The lowest BCUT2D eigenvalue weighted by molar-refractivity contribution is -0.113. The van der Waals surface area contributed by atoms with Crippen molar-refractivity contribution in [1.82, 2.24) is 20.2 Å². The molecular weight excluding hydrogens is 374 g/mol. The van der Waals surface area contributed by atoms with E-state index in [1.165, 1.54) is 29.3 Å². The molecule has 1 heterocycles. The number of methoxy groups -OCH3 is 1. The lowest BCUT2D eigenvalue weighted by Gasteiger charge is -2.08. The van der Waals surface area contributed by atoms with Gasteiger partial charge in [-0.2, -0.15) is 0 Å². The third-order valence-electron chi connectivity index (χ3n) is 4.71. The Morgan fingerprint density at radius 3 is 2.82 bits per heavy atom. The van der Waals surface area contributed by atoms with E-state index >= 15 is 0 Å². The zero-order chi connectivity index (χ0) is 19.3. The van der Waals surface area contributed by atoms with Crippen molar-refractivity contribution >= 4 is 23.4 Å². The van der Waals surface area contributed by atoms with E-state index in [1.54, 1.807) is 11.8 Å². The van der Waals surface area contributed by atoms with E-state index in [-0.39, 0.29) is 11.7 Å². The monoisotopic (exact) mass is 395 g/mol. The first-order valence-corrected chi connectivity index (χ1v) is 10.1. The van der Waals surface area contributed by atoms with Crippen LogP contribution >= 0.6 is 11.8 Å². The van der Waals surface area contributed by atoms with Gasteiger partial charge in [-0.1, -0.05) is 30.0 Å². The average Bonchev–Trinajstić information content (AvgIpc) is 3.36. The third-order valence-corrected chi connectivity index (χ3v) is 5.66. The number of hydrogen-bond donors (Lipinski definition) is 1. The fraction of sp³-hybridized carbons (Fsp3) is 0.300. The number of fused-ring (bicyclic) bond motifs is 1. The minimum Gasteiger partial charge on any atom is -0.497 e. The van der Waals surface area contributed by atoms with Gasteiger partial charge in [0, 0.05) is 5.69 Å². The van der Waals surface area contributed by atoms with E-state index in [2.05, 4.69) is 33.0 Å². The highest BCUT2D eigenvalue weighted by molar-refractivity contribution is 7.99. The molecule has 0 saturated carbocycles. The number of amides is 1. The number of anilines is 1. The molecule has 1 N–H and O–H groups in total. The van der Waals surface area contributed by atoms with Crippen LogP contribution in [0.4, 0.5) is 5.69 Å². The van der Waals surface area contributed by atoms with Gasteiger partial charge in [-0.15, -0.1) is 5.10 Å². The topological polar surface area (TPSA) is 81.9 Å². The molecule has 1 amide bonds. The molecule has 3 aromatic rings. The summed E-state index contributed by atoms with van der Waals surface area (Å²) in [5.41, 5.74) is 4.64. The molecule has 0 bridgehead atoms. The van der Waals surface area contributed by atoms with Gasteiger partial charge in [-0.05, 0) is 70.6 Å². The number of aromatic nitrogens is 4. The standard InChI is InChI=1S/C20H21N5O2S/c1-27-18-9-5-14(6-10-18)12-25-20(22-23-24-25)28-13-19(26)21-17-8-7-15-3-2-4-16(15)11-17/h5-11H,2-4,12-13H2,1H3,(H,21,26). The average molecular weight is 395 g/mol. The lowest BCUT2D eigenvalue weighted by atomic mass is 10.1. The number of nitrogens with zero attached hydrogens (tertiary/aromatic N) is 4. The molecule has 2 aromatic carbocycles. The Hall–Kier alpha value is -2.87. The maximum Gasteiger partial charge on any atom is 0.234 e. The zero-order valence-electron chi connectivity index (χ0n) is 15.6. The minimum absolute atomic E-state index is 0.0676. The number of ether oxygens (including phenoxy) is 1. The largest absolute Gasteiger partial charge is 0.497 e. The Balaban J connectivity index is 1.33. The Labute approximate surface area is 167 Å². The van der Waals surface area contributed by atoms with Crippen molar-refractivity contribution in [2.45, 2.75) is 31.0 Å². The summed E-state index contributed by atoms with van der Waals surface area (Å²) >= 11 is 1.32. The van der Waals surface area contributed by atoms with Gasteiger partial charge in [0.1, 0.15) is 5.75 Å². The SMILES string of the molecule is COc1ccc(Cn2nnnc2SCC(=O)Nc2ccc3c(c2)CCC3)cc1. The molecule has 1 aliphatic carbocycles. The minimum atomic E-state index is -0.0676. The van der Waals surface area contributed by atoms with Crippen LogP contribution in [0.5, 0.6) is 5.75 Å². The van der Waals surface area contributed by atoms with Gasteiger partial charge >= 0.3 is 0 Å². The van der Waals surface area contributed by atoms with Gasteiger partial charge in [-0.3, -0.25) is 4.79 Å². The zero-order valence-corrected chi connectivity index (χ0v) is 16.4. The smallest absolute Gasteiger partial charge is 0.234 e. The second kappa shape index (κ2) is 8.43. The number of carbonyl (C=O) groups is 1. The number of carbonyl (C=O) groups excluding carboxylic acids is 1. The Morgan fingerprint density at radius 1 is 1.18 bits per heavy atom. The molecule has 0 radical (unpaired) electrons. The molecular formula is C20H21N5O2S. The number of tetrazole rings is 1. The first-order valence-electron chi connectivity index (χ1n) is 9.15. The summed E-state index contributed by atoms with van der Waals surface area (Å²) in [5.74, 6) is 0.986. The summed E-state index contributed by atoms with van der Waals surface area (Å²) in [4.78, 5) is 12.3. The fourth-order valence-electron chi connectivity index (χ4n) is 3.28. The highest BCUT2D eigenvalue weighted by Crippen LogP contribution is 2.25. The first kappa shape index (κ1) is 18.5. The quantitative estimate of drug-likeness (QED) is 0.620. The van der Waals surface area contributed by atoms with Crippen LogP contribution in [-0.4, -0.2) is 39.0 Å². The predicted molar refractivity (Wildman–Crippen MR) is 108 cm³/mol. The Morgan fingerprint density at radius 2 is 2.00 bits per heavy atom. The molecule has 28 heavy (non-hydrogen) atoms. The normalized spacial score (nSPS) is 12.6. The summed E-state index contributed by atoms with van der Waals surface area (Å²) in [6.45, 7) is 0.534. The van der Waals surface area contributed by atoms with Crippen LogP contribution in [0.25, 0.3) is 0 Å². The van der Waals surface area contributed by atoms with E-state index in [4.69, 9.17) is 4.74 Å². The summed E-state index contributed by atoms with van der Waals surface area (Å²) < 4.78 is 6.86. The summed E-state index contributed by atoms with van der Waals surface area (Å²) in [7, 11) is 1.64. The van der Waals surface area contributed by atoms with Crippen molar-refractivity contribution in [3.8, 4) is 5.75 Å². The number of rotatable bonds is 7. The van der Waals surface area contributed by atoms with E-state index in [0.29, 0.717) is 11.7 Å². The Kier molecular flexibility index (Phi) is 5.57. The molecule has 7 nitrogen and oxygen atoms in total. The maximum atomic E-state index is 12.3. The second-order valence-electron chi connectivity index (χ2n) is 6.64. The van der Waals surface area contributed by atoms with Crippen LogP contribution in [0.1, 0.15) is 23.1 Å². The third kappa shape index (κ3) is 4.33. The van der Waals surface area contributed by atoms with Crippen LogP contribution in [0, 0.1) is 0 Å². The number of hydrogen-bond acceptors (Lipinski definition) is 6. The number of aryl methyl sites for hydroxylation is 2. The van der Waals surface area contributed by atoms with Crippen LogP contribution in [-0.2, 0) is 24.2 Å². The van der Waals surface area contributed by atoms with E-state index < -0.39 is 0 Å². The summed E-state index contributed by atoms with van der Waals surface area (Å²) in [6.07, 6.45) is 3.42. The van der Waals surface area contributed by atoms with Crippen LogP contribution < -0.4 is 10.1 Å². The van der Waals surface area contributed by atoms with Crippen molar-refractivity contribution in [2.75, 3.05) is 18.2 Å². The summed E-state index contributed by atoms with van der Waals surface area (Å²) in [5, 5.41) is 15.4. The Bertz CT molecular complexity index is 971. The van der Waals surface area contributed by atoms with Gasteiger partial charge < -0.3 is 10.1 Å². The first-order chi connectivity index (χ1) is 13.7. The van der Waals surface area contributed by atoms with Crippen molar-refractivity contribution in [3.63, 3.8) is 0 Å². The van der Waals surface area contributed by atoms with Crippen molar-refractivity contribution in [3.05, 3.63) is 59.2 Å². The van der Waals surface area contributed by atoms with E-state index in [1.807, 2.05) is 30.3 Å². The van der Waals surface area contributed by atoms with E-state index in [9.17, 15) is 4.79 Å². The van der Waals surface area contributed by atoms with Crippen molar-refractivity contribution in [1.29, 1.82) is 0 Å². The maximum absolute atomic E-state index is 12.3. The molecule has 0 saturated heterocycles. The van der Waals surface area contributed by atoms with Crippen molar-refractivity contribution < 1.29 is 9.53 Å². The number of benzene rings is 2. The van der Waals surface area contributed by atoms with Gasteiger partial charge in [0.2, 0.25) is 11.1 Å². The van der Waals surface area contributed by atoms with Gasteiger partial charge in [0.05, 0.1) is 19.4 Å². The van der Waals surface area contributed by atoms with Crippen LogP contribution in [0.3, 0.4) is 0 Å². The predicted octanol–water partition coefficient (Wildman–Crippen LogP) is 2.95. The second-order valence-corrected chi connectivity index (χ2v) is 7.58. The summed E-state index contributed by atoms with van der Waals surface area (Å²) in [6, 6.07) is 13.9. The molecule has 1 aromatic heterocycles.